The van der Waals surface area contributed by atoms with Crippen LogP contribution in [-0.2, 0) is 32.5 Å². The van der Waals surface area contributed by atoms with Crippen LogP contribution in [0.5, 0.6) is 0 Å². The number of halogens is 2. The molecule has 1 N–H and O–H groups in total. The van der Waals surface area contributed by atoms with E-state index in [1.165, 1.54) is 0 Å². The number of carbonyl (C=O) groups excluding carboxylic acids is 3. The predicted molar refractivity (Wildman–Crippen MR) is 197 cm³/mol. The van der Waals surface area contributed by atoms with Gasteiger partial charge in [-0.05, 0) is 41.5 Å². The monoisotopic (exact) mass is 807 g/mol. The van der Waals surface area contributed by atoms with Crippen LogP contribution in [-0.4, -0.2) is 80.3 Å². The molecule has 0 spiro atoms. The summed E-state index contributed by atoms with van der Waals surface area (Å²) in [4.78, 5) is 67.9. The third kappa shape index (κ3) is 12.2. The van der Waals surface area contributed by atoms with E-state index in [4.69, 9.17) is 44.1 Å². The van der Waals surface area contributed by atoms with Gasteiger partial charge in [-0.2, -0.15) is 0 Å². The molecule has 2 aliphatic heterocycles. The van der Waals surface area contributed by atoms with Gasteiger partial charge in [-0.25, -0.2) is 9.59 Å². The van der Waals surface area contributed by atoms with Gasteiger partial charge >= 0.3 is 246 Å². The Kier molecular flexibility index (Phi) is 13.5. The van der Waals surface area contributed by atoms with Crippen molar-refractivity contribution in [1.82, 2.24) is 9.55 Å². The maximum absolute atomic E-state index is 16.3. The summed E-state index contributed by atoms with van der Waals surface area (Å²) in [5.41, 5.74) is -3.25. The molecular formula is C34H48ClFN3O12PS. The Morgan fingerprint density at radius 2 is 1.66 bits per heavy atom. The van der Waals surface area contributed by atoms with Crippen LogP contribution in [0.25, 0.3) is 0 Å². The molecule has 2 saturated heterocycles. The molecule has 1 unspecified atom stereocenters. The van der Waals surface area contributed by atoms with Crippen molar-refractivity contribution in [3.05, 3.63) is 57.6 Å². The normalized spacial score (nSPS) is 23.8. The average Bonchev–Trinajstić information content (AvgIpc) is 3.28. The fourth-order valence-corrected chi connectivity index (χ4v) is 8.49. The van der Waals surface area contributed by atoms with Gasteiger partial charge in [-0.1, -0.05) is 0 Å². The molecule has 296 valence electrons. The van der Waals surface area contributed by atoms with E-state index < -0.39 is 83.8 Å². The SMILES string of the molecule is CC(C)(C)OC(=O)O[C@H]1[C@H](F)[C@H](n2ccc(N(C(=O)OC(C)(C)C)C(=O)OC(C)(C)C)nc2=O)S[C@@H]1CCO[PH]1(O)OCCC(c2cccc(Cl)c2)O1. The van der Waals surface area contributed by atoms with Crippen LogP contribution in [0.15, 0.2) is 41.3 Å². The van der Waals surface area contributed by atoms with Crippen LogP contribution in [0.1, 0.15) is 92.2 Å². The topological polar surface area (TPSA) is 174 Å². The van der Waals surface area contributed by atoms with Crippen molar-refractivity contribution in [1.29, 1.82) is 0 Å². The summed E-state index contributed by atoms with van der Waals surface area (Å²) < 4.78 is 55.9. The second-order valence-electron chi connectivity index (χ2n) is 15.3. The van der Waals surface area contributed by atoms with Gasteiger partial charge in [0, 0.05) is 0 Å². The summed E-state index contributed by atoms with van der Waals surface area (Å²) in [6, 6.07) is 8.17. The molecule has 2 fully saturated rings. The van der Waals surface area contributed by atoms with E-state index in [-0.39, 0.29) is 19.6 Å². The first-order valence-electron chi connectivity index (χ1n) is 16.9. The number of imide groups is 1. The second-order valence-corrected chi connectivity index (χ2v) is 18.9. The molecule has 2 aliphatic rings. The summed E-state index contributed by atoms with van der Waals surface area (Å²) in [5, 5.41) is -1.60. The van der Waals surface area contributed by atoms with Gasteiger partial charge in [0.15, 0.2) is 0 Å². The summed E-state index contributed by atoms with van der Waals surface area (Å²) in [6.07, 6.45) is -5.72. The quantitative estimate of drug-likeness (QED) is 0.155. The van der Waals surface area contributed by atoms with Gasteiger partial charge < -0.3 is 9.47 Å². The van der Waals surface area contributed by atoms with E-state index in [0.29, 0.717) is 16.3 Å². The molecule has 2 aromatic rings. The molecule has 0 saturated carbocycles. The fourth-order valence-electron chi connectivity index (χ4n) is 5.16. The van der Waals surface area contributed by atoms with E-state index >= 15 is 4.39 Å². The maximum atomic E-state index is 16.3. The molecule has 15 nitrogen and oxygen atoms in total. The standard InChI is InChI=1S/C34H48ClFN3O12PS/c1-32(2,3)48-29(41)39(30(42)49-33(4,5)6)24-13-16-38(28(40)37-24)27-25(36)26(47-31(43)50-34(7,8)9)23(53-27)15-18-46-52(44)45-17-14-22(51-52)20-11-10-12-21(35)19-20/h10-13,16,19,22-23,25-27,44,52H,14-15,17-18H2,1-9H3/t22?,23-,25+,26-,27-/m1/s1. The van der Waals surface area contributed by atoms with Crippen molar-refractivity contribution >= 4 is 55.7 Å². The average molecular weight is 808 g/mol. The number of alkyl halides is 1. The van der Waals surface area contributed by atoms with Crippen LogP contribution >= 0.6 is 31.5 Å². The Hall–Kier alpha value is -3.05. The molecule has 0 bridgehead atoms. The Balaban J connectivity index is 1.56. The molecule has 0 radical (unpaired) electrons. The van der Waals surface area contributed by atoms with Crippen molar-refractivity contribution in [3.63, 3.8) is 0 Å². The van der Waals surface area contributed by atoms with E-state index in [9.17, 15) is 24.1 Å². The number of nitrogens with zero attached hydrogens (tertiary/aromatic N) is 3. The summed E-state index contributed by atoms with van der Waals surface area (Å²) >= 11 is 7.09. The van der Waals surface area contributed by atoms with E-state index in [1.54, 1.807) is 80.5 Å². The van der Waals surface area contributed by atoms with Crippen LogP contribution < -0.4 is 10.6 Å². The first-order valence-corrected chi connectivity index (χ1v) is 19.9. The van der Waals surface area contributed by atoms with Gasteiger partial charge in [0.2, 0.25) is 0 Å². The Morgan fingerprint density at radius 1 is 1.04 bits per heavy atom. The van der Waals surface area contributed by atoms with Crippen LogP contribution in [0.4, 0.5) is 24.6 Å². The van der Waals surface area contributed by atoms with Crippen LogP contribution in [0.2, 0.25) is 5.02 Å². The van der Waals surface area contributed by atoms with Gasteiger partial charge in [-0.15, -0.1) is 0 Å². The van der Waals surface area contributed by atoms with Crippen LogP contribution in [0, 0.1) is 0 Å². The molecule has 5 atom stereocenters. The van der Waals surface area contributed by atoms with E-state index in [0.717, 1.165) is 34.2 Å². The Bertz CT molecular complexity index is 1670. The zero-order valence-electron chi connectivity index (χ0n) is 31.1. The molecule has 4 rings (SSSR count). The van der Waals surface area contributed by atoms with Gasteiger partial charge in [-0.3, -0.25) is 0 Å². The zero-order valence-corrected chi connectivity index (χ0v) is 33.7. The van der Waals surface area contributed by atoms with Crippen molar-refractivity contribution in [3.8, 4) is 0 Å². The molecule has 1 aromatic heterocycles. The Labute approximate surface area is 317 Å². The third-order valence-corrected chi connectivity index (χ3v) is 10.8. The number of ether oxygens (including phenoxy) is 4. The first-order chi connectivity index (χ1) is 24.4. The van der Waals surface area contributed by atoms with E-state index in [2.05, 4.69) is 4.98 Å². The number of anilines is 1. The minimum absolute atomic E-state index is 0.0181. The van der Waals surface area contributed by atoms with Crippen molar-refractivity contribution in [2.75, 3.05) is 18.1 Å². The number of amides is 2. The van der Waals surface area contributed by atoms with Crippen molar-refractivity contribution in [2.45, 2.75) is 121 Å². The number of hydrogen-bond acceptors (Lipinski definition) is 14. The predicted octanol–water partition coefficient (Wildman–Crippen LogP) is 7.83. The Morgan fingerprint density at radius 3 is 2.23 bits per heavy atom. The summed E-state index contributed by atoms with van der Waals surface area (Å²) in [5.74, 6) is -0.415. The molecule has 1 aromatic carbocycles. The molecule has 19 heteroatoms. The third-order valence-electron chi connectivity index (χ3n) is 7.22. The molecule has 53 heavy (non-hydrogen) atoms. The second kappa shape index (κ2) is 16.8. The minimum atomic E-state index is -4.15. The number of rotatable bonds is 8. The summed E-state index contributed by atoms with van der Waals surface area (Å²) in [6.45, 7) is 14.4. The van der Waals surface area contributed by atoms with Gasteiger partial charge in [0.05, 0.1) is 0 Å². The number of hydrogen-bond donors (Lipinski definition) is 1. The fraction of sp³-hybridized carbons (Fsp3) is 0.618. The zero-order chi connectivity index (χ0) is 39.5. The van der Waals surface area contributed by atoms with E-state index in [1.807, 2.05) is 6.07 Å². The number of benzene rings is 1. The number of thioether (sulfide) groups is 1. The first kappa shape index (κ1) is 42.7. The van der Waals surface area contributed by atoms with Gasteiger partial charge in [0.25, 0.3) is 0 Å². The van der Waals surface area contributed by atoms with Crippen LogP contribution in [0.3, 0.4) is 0 Å². The number of aromatic nitrogens is 2. The van der Waals surface area contributed by atoms with Crippen molar-refractivity contribution < 1.29 is 56.2 Å². The van der Waals surface area contributed by atoms with Gasteiger partial charge in [0.1, 0.15) is 11.2 Å². The molecule has 3 heterocycles. The van der Waals surface area contributed by atoms with Crippen molar-refractivity contribution in [2.24, 2.45) is 0 Å². The molecule has 0 aliphatic carbocycles. The number of carbonyl (C=O) groups is 3. The molecular weight excluding hydrogens is 760 g/mol. The summed E-state index contributed by atoms with van der Waals surface area (Å²) in [7, 11) is -4.15. The molecule has 2 amide bonds.